The summed E-state index contributed by atoms with van der Waals surface area (Å²) in [6.45, 7) is 2.65. The van der Waals surface area contributed by atoms with Crippen molar-refractivity contribution in [2.75, 3.05) is 30.5 Å². The summed E-state index contributed by atoms with van der Waals surface area (Å²) in [5.74, 6) is -0.975. The normalized spacial score (nSPS) is 16.1. The predicted molar refractivity (Wildman–Crippen MR) is 85.4 cm³/mol. The fraction of sp³-hybridized carbons (Fsp3) is 0.533. The van der Waals surface area contributed by atoms with Crippen molar-refractivity contribution in [1.82, 2.24) is 0 Å². The fourth-order valence-corrected chi connectivity index (χ4v) is 3.30. The second-order valence-corrected chi connectivity index (χ2v) is 6.51. The van der Waals surface area contributed by atoms with Gasteiger partial charge in [-0.3, -0.25) is 0 Å². The van der Waals surface area contributed by atoms with E-state index < -0.39 is 11.8 Å². The van der Waals surface area contributed by atoms with E-state index in [1.807, 2.05) is 0 Å². The van der Waals surface area contributed by atoms with Crippen molar-refractivity contribution in [3.8, 4) is 0 Å². The van der Waals surface area contributed by atoms with Gasteiger partial charge in [0.15, 0.2) is 0 Å². The average molecular weight is 312 g/mol. The largest absolute Gasteiger partial charge is 0.462 e. The molecular weight excluding hydrogens is 291 g/mol. The van der Waals surface area contributed by atoms with Gasteiger partial charge in [0.05, 0.1) is 17.9 Å². The van der Waals surface area contributed by atoms with Crippen molar-refractivity contribution in [3.63, 3.8) is 0 Å². The van der Waals surface area contributed by atoms with E-state index in [2.05, 4.69) is 11.6 Å². The summed E-state index contributed by atoms with van der Waals surface area (Å²) in [6.07, 6.45) is 5.54. The lowest BCUT2D eigenvalue weighted by atomic mass is 9.84. The number of halogens is 1. The van der Waals surface area contributed by atoms with Crippen LogP contribution in [0.5, 0.6) is 0 Å². The Morgan fingerprint density at radius 3 is 2.76 bits per heavy atom. The highest BCUT2D eigenvalue weighted by Crippen LogP contribution is 2.42. The highest BCUT2D eigenvalue weighted by molar-refractivity contribution is 8.00. The van der Waals surface area contributed by atoms with Crippen LogP contribution in [0.4, 0.5) is 15.8 Å². The molecule has 1 aliphatic carbocycles. The maximum atomic E-state index is 14.0. The smallest absolute Gasteiger partial charge is 0.340 e. The van der Waals surface area contributed by atoms with Crippen LogP contribution in [0.2, 0.25) is 0 Å². The second-order valence-electron chi connectivity index (χ2n) is 5.23. The minimum Gasteiger partial charge on any atom is -0.462 e. The Hall–Kier alpha value is -1.43. The van der Waals surface area contributed by atoms with Crippen LogP contribution in [0.3, 0.4) is 0 Å². The van der Waals surface area contributed by atoms with Crippen molar-refractivity contribution in [1.29, 1.82) is 0 Å². The molecular formula is C15H21FN2O2S. The number of carbonyl (C=O) groups excluding carboxylic acids is 1. The molecule has 0 saturated heterocycles. The quantitative estimate of drug-likeness (QED) is 0.623. The topological polar surface area (TPSA) is 64.3 Å². The van der Waals surface area contributed by atoms with E-state index in [1.54, 1.807) is 18.7 Å². The molecule has 0 amide bonds. The summed E-state index contributed by atoms with van der Waals surface area (Å²) in [5.41, 5.74) is 6.29. The molecule has 0 spiro atoms. The van der Waals surface area contributed by atoms with Crippen LogP contribution in [-0.2, 0) is 4.74 Å². The summed E-state index contributed by atoms with van der Waals surface area (Å²) >= 11 is 1.80. The molecule has 1 aromatic rings. The summed E-state index contributed by atoms with van der Waals surface area (Å²) in [6, 6.07) is 2.61. The lowest BCUT2D eigenvalue weighted by Crippen LogP contribution is -2.40. The van der Waals surface area contributed by atoms with Crippen LogP contribution in [0.1, 0.15) is 36.5 Å². The van der Waals surface area contributed by atoms with Crippen molar-refractivity contribution in [2.45, 2.75) is 30.9 Å². The first-order valence-electron chi connectivity index (χ1n) is 7.06. The number of nitrogens with one attached hydrogen (secondary N) is 1. The number of hydrogen-bond acceptors (Lipinski definition) is 5. The van der Waals surface area contributed by atoms with Crippen molar-refractivity contribution in [2.24, 2.45) is 0 Å². The van der Waals surface area contributed by atoms with Crippen LogP contribution in [0.25, 0.3) is 0 Å². The fourth-order valence-electron chi connectivity index (χ4n) is 2.39. The summed E-state index contributed by atoms with van der Waals surface area (Å²) in [4.78, 5) is 11.8. The van der Waals surface area contributed by atoms with Gasteiger partial charge in [-0.25, -0.2) is 9.18 Å². The first kappa shape index (κ1) is 15.9. The van der Waals surface area contributed by atoms with Crippen LogP contribution in [0, 0.1) is 5.82 Å². The minimum atomic E-state index is -0.527. The van der Waals surface area contributed by atoms with Crippen LogP contribution >= 0.6 is 11.8 Å². The molecule has 0 bridgehead atoms. The Morgan fingerprint density at radius 2 is 2.24 bits per heavy atom. The zero-order chi connectivity index (χ0) is 15.5. The number of ether oxygens (including phenoxy) is 1. The zero-order valence-corrected chi connectivity index (χ0v) is 13.2. The molecule has 116 valence electrons. The minimum absolute atomic E-state index is 0.0970. The van der Waals surface area contributed by atoms with Crippen LogP contribution in [0.15, 0.2) is 12.1 Å². The van der Waals surface area contributed by atoms with Gasteiger partial charge in [-0.1, -0.05) is 6.42 Å². The molecule has 0 aromatic heterocycles. The molecule has 0 radical (unpaired) electrons. The van der Waals surface area contributed by atoms with Gasteiger partial charge in [-0.2, -0.15) is 11.8 Å². The first-order valence-corrected chi connectivity index (χ1v) is 8.29. The zero-order valence-electron chi connectivity index (χ0n) is 12.4. The summed E-state index contributed by atoms with van der Waals surface area (Å²) in [5, 5.41) is 3.11. The third-order valence-electron chi connectivity index (χ3n) is 3.93. The molecule has 1 saturated carbocycles. The Labute approximate surface area is 128 Å². The van der Waals surface area contributed by atoms with E-state index in [0.29, 0.717) is 12.2 Å². The Balaban J connectivity index is 2.15. The lowest BCUT2D eigenvalue weighted by Gasteiger charge is -2.40. The molecule has 21 heavy (non-hydrogen) atoms. The van der Waals surface area contributed by atoms with Gasteiger partial charge in [0.25, 0.3) is 0 Å². The number of anilines is 2. The molecule has 0 heterocycles. The van der Waals surface area contributed by atoms with E-state index in [0.717, 1.165) is 12.8 Å². The standard InChI is InChI=1S/C15H21FN2O2S/c1-3-20-14(19)10-7-13(11(16)8-12(10)17)18-9-15(21-2)5-4-6-15/h7-8,18H,3-6,9,17H2,1-2H3. The van der Waals surface area contributed by atoms with Gasteiger partial charge >= 0.3 is 5.97 Å². The molecule has 0 atom stereocenters. The summed E-state index contributed by atoms with van der Waals surface area (Å²) < 4.78 is 19.1. The third-order valence-corrected chi connectivity index (χ3v) is 5.35. The Morgan fingerprint density at radius 1 is 1.52 bits per heavy atom. The number of thioether (sulfide) groups is 1. The average Bonchev–Trinajstić information content (AvgIpc) is 2.40. The van der Waals surface area contributed by atoms with Gasteiger partial charge in [0.2, 0.25) is 0 Å². The van der Waals surface area contributed by atoms with E-state index in [-0.39, 0.29) is 22.6 Å². The summed E-state index contributed by atoms with van der Waals surface area (Å²) in [7, 11) is 0. The second kappa shape index (κ2) is 6.56. The van der Waals surface area contributed by atoms with Gasteiger partial charge in [0.1, 0.15) is 5.82 Å². The SMILES string of the molecule is CCOC(=O)c1cc(NCC2(SC)CCC2)c(F)cc1N. The molecule has 1 fully saturated rings. The van der Waals surface area contributed by atoms with Crippen LogP contribution in [-0.4, -0.2) is 30.1 Å². The molecule has 0 aliphatic heterocycles. The van der Waals surface area contributed by atoms with Crippen LogP contribution < -0.4 is 11.1 Å². The van der Waals surface area contributed by atoms with Crippen molar-refractivity contribution < 1.29 is 13.9 Å². The Kier molecular flexibility index (Phi) is 4.98. The molecule has 1 aliphatic rings. The first-order chi connectivity index (χ1) is 10.0. The lowest BCUT2D eigenvalue weighted by molar-refractivity contribution is 0.0527. The van der Waals surface area contributed by atoms with E-state index in [9.17, 15) is 9.18 Å². The van der Waals surface area contributed by atoms with E-state index in [4.69, 9.17) is 10.5 Å². The van der Waals surface area contributed by atoms with Gasteiger partial charge in [0, 0.05) is 17.0 Å². The van der Waals surface area contributed by atoms with E-state index in [1.165, 1.54) is 18.6 Å². The molecule has 4 nitrogen and oxygen atoms in total. The number of nitrogen functional groups attached to an aromatic ring is 1. The highest BCUT2D eigenvalue weighted by Gasteiger charge is 2.36. The number of carbonyl (C=O) groups is 1. The molecule has 1 aromatic carbocycles. The monoisotopic (exact) mass is 312 g/mol. The molecule has 6 heteroatoms. The van der Waals surface area contributed by atoms with Crippen molar-refractivity contribution in [3.05, 3.63) is 23.5 Å². The molecule has 2 rings (SSSR count). The Bertz CT molecular complexity index is 527. The number of esters is 1. The van der Waals surface area contributed by atoms with Gasteiger partial charge in [-0.15, -0.1) is 0 Å². The number of rotatable bonds is 6. The van der Waals surface area contributed by atoms with Gasteiger partial charge in [-0.05, 0) is 38.2 Å². The molecule has 0 unspecified atom stereocenters. The van der Waals surface area contributed by atoms with Gasteiger partial charge < -0.3 is 15.8 Å². The predicted octanol–water partition coefficient (Wildman–Crippen LogP) is 3.28. The third kappa shape index (κ3) is 3.43. The highest BCUT2D eigenvalue weighted by atomic mass is 32.2. The number of nitrogens with two attached hydrogens (primary N) is 1. The molecule has 3 N–H and O–H groups in total. The van der Waals surface area contributed by atoms with Crippen molar-refractivity contribution >= 4 is 29.1 Å². The maximum absolute atomic E-state index is 14.0. The maximum Gasteiger partial charge on any atom is 0.340 e. The van der Waals surface area contributed by atoms with E-state index >= 15 is 0 Å². The number of hydrogen-bond donors (Lipinski definition) is 2. The number of benzene rings is 1.